The predicted molar refractivity (Wildman–Crippen MR) is 127 cm³/mol. The molecule has 0 aliphatic carbocycles. The molecule has 0 bridgehead atoms. The minimum atomic E-state index is -1.95. The van der Waals surface area contributed by atoms with Crippen molar-refractivity contribution >= 4 is 22.7 Å². The zero-order valence-corrected chi connectivity index (χ0v) is 20.4. The fourth-order valence-corrected chi connectivity index (χ4v) is 4.03. The van der Waals surface area contributed by atoms with E-state index in [2.05, 4.69) is 20.1 Å². The average molecular weight is 490 g/mol. The van der Waals surface area contributed by atoms with Crippen molar-refractivity contribution in [2.24, 2.45) is 0 Å². The number of carbonyl (C=O) groups is 1. The smallest absolute Gasteiger partial charge is 0.331 e. The van der Waals surface area contributed by atoms with Crippen molar-refractivity contribution in [2.75, 3.05) is 12.4 Å². The van der Waals surface area contributed by atoms with Crippen LogP contribution in [0.4, 0.5) is 14.9 Å². The molecule has 2 heterocycles. The summed E-state index contributed by atoms with van der Waals surface area (Å²) in [4.78, 5) is 16.8. The molecule has 11 heteroatoms. The van der Waals surface area contributed by atoms with Gasteiger partial charge in [0.1, 0.15) is 5.82 Å². The van der Waals surface area contributed by atoms with Crippen molar-refractivity contribution in [2.45, 2.75) is 50.8 Å². The molecule has 0 aliphatic heterocycles. The van der Waals surface area contributed by atoms with Crippen LogP contribution in [0, 0.1) is 5.82 Å². The van der Waals surface area contributed by atoms with Crippen LogP contribution in [0.2, 0.25) is 0 Å². The number of nitrogens with zero attached hydrogens (tertiary/aromatic N) is 3. The summed E-state index contributed by atoms with van der Waals surface area (Å²) in [6.07, 6.45) is 3.09. The Hall–Kier alpha value is -3.31. The van der Waals surface area contributed by atoms with E-state index in [-0.39, 0.29) is 17.5 Å². The van der Waals surface area contributed by atoms with E-state index in [4.69, 9.17) is 4.74 Å². The summed E-state index contributed by atoms with van der Waals surface area (Å²) >= 11 is 0. The molecule has 0 saturated carbocycles. The van der Waals surface area contributed by atoms with Crippen molar-refractivity contribution in [3.8, 4) is 17.0 Å². The van der Waals surface area contributed by atoms with Crippen molar-refractivity contribution in [3.05, 3.63) is 54.1 Å². The highest BCUT2D eigenvalue weighted by Gasteiger charge is 2.20. The lowest BCUT2D eigenvalue weighted by Gasteiger charge is -2.19. The van der Waals surface area contributed by atoms with Gasteiger partial charge in [-0.25, -0.2) is 18.4 Å². The first kappa shape index (κ1) is 25.3. The number of carbonyl (C=O) groups excluding carboxylic acids is 1. The van der Waals surface area contributed by atoms with Gasteiger partial charge in [-0.3, -0.25) is 9.40 Å². The van der Waals surface area contributed by atoms with Crippen molar-refractivity contribution in [1.29, 1.82) is 0 Å². The molecule has 3 rings (SSSR count). The third-order valence-corrected chi connectivity index (χ3v) is 5.76. The molecular weight excluding hydrogens is 461 g/mol. The Morgan fingerprint density at radius 3 is 2.68 bits per heavy atom. The maximum absolute atomic E-state index is 14.5. The van der Waals surface area contributed by atoms with Gasteiger partial charge >= 0.3 is 6.03 Å². The summed E-state index contributed by atoms with van der Waals surface area (Å²) in [7, 11) is -0.478. The molecule has 0 aliphatic rings. The van der Waals surface area contributed by atoms with E-state index < -0.39 is 28.4 Å². The van der Waals surface area contributed by atoms with Gasteiger partial charge < -0.3 is 15.2 Å². The molecule has 0 spiro atoms. The number of aliphatic hydroxyl groups is 1. The van der Waals surface area contributed by atoms with E-state index in [0.717, 1.165) is 0 Å². The number of anilines is 1. The molecule has 3 aromatic rings. The summed E-state index contributed by atoms with van der Waals surface area (Å²) in [5.41, 5.74) is 0.972. The number of urea groups is 1. The number of nitrogens with one attached hydrogen (secondary N) is 2. The van der Waals surface area contributed by atoms with Crippen LogP contribution in [0.15, 0.2) is 47.8 Å². The number of methoxy groups -OCH3 is 1. The molecule has 34 heavy (non-hydrogen) atoms. The number of hydrogen-bond donors (Lipinski definition) is 3. The summed E-state index contributed by atoms with van der Waals surface area (Å²) in [5.74, 6) is -0.233. The minimum Gasteiger partial charge on any atom is -0.481 e. The van der Waals surface area contributed by atoms with E-state index in [1.54, 1.807) is 32.2 Å². The Balaban J connectivity index is 1.88. The highest BCUT2D eigenvalue weighted by Crippen LogP contribution is 2.36. The zero-order chi connectivity index (χ0) is 25.0. The third kappa shape index (κ3) is 6.39. The second-order valence-electron chi connectivity index (χ2n) is 8.65. The van der Waals surface area contributed by atoms with Crippen molar-refractivity contribution in [1.82, 2.24) is 19.5 Å². The molecule has 9 nitrogen and oxygen atoms in total. The van der Waals surface area contributed by atoms with Crippen molar-refractivity contribution in [3.63, 3.8) is 0 Å². The first-order valence-corrected chi connectivity index (χ1v) is 11.7. The Morgan fingerprint density at radius 1 is 1.29 bits per heavy atom. The number of halogens is 1. The van der Waals surface area contributed by atoms with Gasteiger partial charge in [-0.2, -0.15) is 5.10 Å². The second-order valence-corrected chi connectivity index (χ2v) is 9.81. The maximum atomic E-state index is 14.5. The first-order chi connectivity index (χ1) is 16.0. The average Bonchev–Trinajstić information content (AvgIpc) is 3.21. The maximum Gasteiger partial charge on any atom is 0.331 e. The quantitative estimate of drug-likeness (QED) is 0.443. The lowest BCUT2D eigenvalue weighted by molar-refractivity contribution is 0.0574. The van der Waals surface area contributed by atoms with Crippen LogP contribution >= 0.6 is 0 Å². The summed E-state index contributed by atoms with van der Waals surface area (Å²) in [5, 5.41) is 16.9. The standard InChI is InChI=1S/C23H28FN5O4S/c1-14(2)17-11-16(24)12-18(15-6-8-25-19(10-15)33-5)21(17)26-22(30)28-34(32)20-7-9-29(27-20)13-23(3,4)31/h6-12,14,31H,13H2,1-5H3,(H2,26,28,30). The molecule has 0 saturated heterocycles. The molecule has 182 valence electrons. The van der Waals surface area contributed by atoms with E-state index in [0.29, 0.717) is 28.3 Å². The number of rotatable bonds is 8. The number of pyridine rings is 1. The van der Waals surface area contributed by atoms with Gasteiger partial charge in [0.25, 0.3) is 0 Å². The van der Waals surface area contributed by atoms with E-state index in [9.17, 15) is 18.5 Å². The second kappa shape index (κ2) is 10.3. The number of benzene rings is 1. The molecule has 1 atom stereocenters. The van der Waals surface area contributed by atoms with E-state index >= 15 is 0 Å². The van der Waals surface area contributed by atoms with Gasteiger partial charge in [-0.1, -0.05) is 13.8 Å². The lowest BCUT2D eigenvalue weighted by atomic mass is 9.94. The van der Waals surface area contributed by atoms with E-state index in [1.165, 1.54) is 36.2 Å². The lowest BCUT2D eigenvalue weighted by Crippen LogP contribution is -2.31. The van der Waals surface area contributed by atoms with Crippen LogP contribution in [0.1, 0.15) is 39.2 Å². The van der Waals surface area contributed by atoms with Crippen LogP contribution in [0.3, 0.4) is 0 Å². The Bertz CT molecular complexity index is 1210. The Morgan fingerprint density at radius 2 is 2.03 bits per heavy atom. The van der Waals surface area contributed by atoms with E-state index in [1.807, 2.05) is 13.8 Å². The summed E-state index contributed by atoms with van der Waals surface area (Å²) < 4.78 is 36.1. The molecular formula is C23H28FN5O4S. The number of hydrogen-bond acceptors (Lipinski definition) is 6. The molecule has 1 unspecified atom stereocenters. The molecule has 0 fully saturated rings. The van der Waals surface area contributed by atoms with Gasteiger partial charge in [0.05, 0.1) is 24.9 Å². The van der Waals surface area contributed by atoms with Crippen LogP contribution in [0.5, 0.6) is 5.88 Å². The Kier molecular flexibility index (Phi) is 7.68. The molecule has 0 radical (unpaired) electrons. The van der Waals surface area contributed by atoms with Crippen LogP contribution in [-0.2, 0) is 17.5 Å². The zero-order valence-electron chi connectivity index (χ0n) is 19.6. The monoisotopic (exact) mass is 489 g/mol. The summed E-state index contributed by atoms with van der Waals surface area (Å²) in [6.45, 7) is 7.21. The highest BCUT2D eigenvalue weighted by molar-refractivity contribution is 7.83. The highest BCUT2D eigenvalue weighted by atomic mass is 32.2. The summed E-state index contributed by atoms with van der Waals surface area (Å²) in [6, 6.07) is 6.73. The third-order valence-electron chi connectivity index (χ3n) is 4.79. The van der Waals surface area contributed by atoms with Gasteiger partial charge in [0, 0.05) is 24.0 Å². The number of amides is 2. The van der Waals surface area contributed by atoms with Gasteiger partial charge in [0.2, 0.25) is 5.88 Å². The van der Waals surface area contributed by atoms with Gasteiger partial charge in [-0.05, 0) is 55.2 Å². The SMILES string of the molecule is COc1cc(-c2cc(F)cc(C(C)C)c2NC(=O)NS(=O)c2ccn(CC(C)(C)O)n2)ccn1. The largest absolute Gasteiger partial charge is 0.481 e. The molecule has 1 aromatic carbocycles. The predicted octanol–water partition coefficient (Wildman–Crippen LogP) is 3.83. The van der Waals surface area contributed by atoms with Crippen molar-refractivity contribution < 1.29 is 23.2 Å². The first-order valence-electron chi connectivity index (χ1n) is 10.6. The van der Waals surface area contributed by atoms with Gasteiger partial charge in [-0.15, -0.1) is 0 Å². The van der Waals surface area contributed by atoms with Crippen LogP contribution in [-0.4, -0.2) is 42.8 Å². The van der Waals surface area contributed by atoms with Crippen LogP contribution < -0.4 is 14.8 Å². The molecule has 2 amide bonds. The molecule has 3 N–H and O–H groups in total. The normalized spacial score (nSPS) is 12.5. The fourth-order valence-electron chi connectivity index (χ4n) is 3.34. The number of aromatic nitrogens is 3. The fraction of sp³-hybridized carbons (Fsp3) is 0.348. The topological polar surface area (TPSA) is 118 Å². The molecule has 2 aromatic heterocycles. The minimum absolute atomic E-state index is 0.114. The Labute approximate surface area is 200 Å². The number of ether oxygens (including phenoxy) is 1. The van der Waals surface area contributed by atoms with Gasteiger partial charge in [0.15, 0.2) is 16.0 Å². The van der Waals surface area contributed by atoms with Crippen LogP contribution in [0.25, 0.3) is 11.1 Å².